The normalized spacial score (nSPS) is 32.7. The van der Waals surface area contributed by atoms with Gasteiger partial charge in [0.25, 0.3) is 0 Å². The monoisotopic (exact) mass is 230 g/mol. The molecule has 2 unspecified atom stereocenters. The molecule has 1 rings (SSSR count). The summed E-state index contributed by atoms with van der Waals surface area (Å²) in [7, 11) is -0.625. The van der Waals surface area contributed by atoms with Crippen molar-refractivity contribution in [3.8, 4) is 0 Å². The van der Waals surface area contributed by atoms with Crippen LogP contribution in [0.15, 0.2) is 12.8 Å². The molecule has 0 saturated carbocycles. The van der Waals surface area contributed by atoms with Gasteiger partial charge in [0.2, 0.25) is 0 Å². The lowest BCUT2D eigenvalue weighted by Crippen LogP contribution is -2.28. The highest BCUT2D eigenvalue weighted by atomic mass is 32.2. The quantitative estimate of drug-likeness (QED) is 0.548. The average molecular weight is 230 g/mol. The minimum absolute atomic E-state index is 0.203. The molecule has 0 aliphatic carbocycles. The standard InChI is InChI=1S/C12H22O2S/c1-3-14-9-8-12(2)7-5-4-6-10-15(13)11-12/h3H,1,4-11H2,2H3. The molecule has 0 aromatic rings. The average Bonchev–Trinajstić information content (AvgIpc) is 2.15. The molecule has 15 heavy (non-hydrogen) atoms. The van der Waals surface area contributed by atoms with Crippen LogP contribution in [0.4, 0.5) is 0 Å². The van der Waals surface area contributed by atoms with Gasteiger partial charge in [-0.25, -0.2) is 0 Å². The Morgan fingerprint density at radius 3 is 3.00 bits per heavy atom. The van der Waals surface area contributed by atoms with Crippen LogP contribution in [0.3, 0.4) is 0 Å². The minimum atomic E-state index is -0.625. The zero-order valence-electron chi connectivity index (χ0n) is 9.67. The Labute approximate surface area is 95.5 Å². The predicted octanol–water partition coefficient (Wildman–Crippen LogP) is 2.87. The molecule has 88 valence electrons. The van der Waals surface area contributed by atoms with Crippen LogP contribution in [-0.4, -0.2) is 22.3 Å². The van der Waals surface area contributed by atoms with Crippen molar-refractivity contribution in [1.29, 1.82) is 0 Å². The molecule has 2 atom stereocenters. The first kappa shape index (κ1) is 12.8. The lowest BCUT2D eigenvalue weighted by molar-refractivity contribution is 0.179. The summed E-state index contributed by atoms with van der Waals surface area (Å²) in [5.74, 6) is 1.73. The van der Waals surface area contributed by atoms with Gasteiger partial charge in [-0.1, -0.05) is 26.3 Å². The van der Waals surface area contributed by atoms with Crippen molar-refractivity contribution >= 4 is 10.8 Å². The molecular formula is C12H22O2S. The van der Waals surface area contributed by atoms with E-state index >= 15 is 0 Å². The van der Waals surface area contributed by atoms with E-state index in [1.54, 1.807) is 0 Å². The second kappa shape index (κ2) is 6.31. The van der Waals surface area contributed by atoms with E-state index in [-0.39, 0.29) is 5.41 Å². The maximum atomic E-state index is 11.7. The van der Waals surface area contributed by atoms with Crippen LogP contribution in [0.1, 0.15) is 39.0 Å². The summed E-state index contributed by atoms with van der Waals surface area (Å²) in [4.78, 5) is 0. The lowest BCUT2D eigenvalue weighted by atomic mass is 9.83. The first-order chi connectivity index (χ1) is 7.16. The summed E-state index contributed by atoms with van der Waals surface area (Å²) in [6.07, 6.45) is 7.28. The fraction of sp³-hybridized carbons (Fsp3) is 0.833. The van der Waals surface area contributed by atoms with E-state index in [1.165, 1.54) is 25.5 Å². The van der Waals surface area contributed by atoms with Gasteiger partial charge in [0.1, 0.15) is 0 Å². The molecule has 2 nitrogen and oxygen atoms in total. The second-order valence-electron chi connectivity index (χ2n) is 4.70. The minimum Gasteiger partial charge on any atom is -0.502 e. The van der Waals surface area contributed by atoms with Crippen LogP contribution in [0, 0.1) is 5.41 Å². The van der Waals surface area contributed by atoms with E-state index in [1.807, 2.05) is 0 Å². The van der Waals surface area contributed by atoms with E-state index < -0.39 is 10.8 Å². The van der Waals surface area contributed by atoms with E-state index in [0.29, 0.717) is 6.61 Å². The van der Waals surface area contributed by atoms with Gasteiger partial charge in [-0.2, -0.15) is 0 Å². The number of hydrogen-bond donors (Lipinski definition) is 0. The third kappa shape index (κ3) is 4.83. The number of rotatable bonds is 4. The van der Waals surface area contributed by atoms with Crippen molar-refractivity contribution in [2.24, 2.45) is 5.41 Å². The van der Waals surface area contributed by atoms with Gasteiger partial charge >= 0.3 is 0 Å². The summed E-state index contributed by atoms with van der Waals surface area (Å²) in [5.41, 5.74) is 0.203. The van der Waals surface area contributed by atoms with Crippen molar-refractivity contribution in [1.82, 2.24) is 0 Å². The topological polar surface area (TPSA) is 26.3 Å². The van der Waals surface area contributed by atoms with Crippen LogP contribution in [0.5, 0.6) is 0 Å². The Balaban J connectivity index is 2.45. The molecule has 1 aliphatic rings. The summed E-state index contributed by atoms with van der Waals surface area (Å²) < 4.78 is 16.9. The first-order valence-electron chi connectivity index (χ1n) is 5.74. The summed E-state index contributed by atoms with van der Waals surface area (Å²) in [6.45, 7) is 6.48. The Kier molecular flexibility index (Phi) is 5.37. The zero-order valence-corrected chi connectivity index (χ0v) is 10.5. The van der Waals surface area contributed by atoms with E-state index in [2.05, 4.69) is 13.5 Å². The fourth-order valence-corrected chi connectivity index (χ4v) is 3.85. The Morgan fingerprint density at radius 1 is 1.47 bits per heavy atom. The molecule has 0 bridgehead atoms. The SMILES string of the molecule is C=COCCC1(C)CCCCCS(=O)C1. The largest absolute Gasteiger partial charge is 0.502 e. The van der Waals surface area contributed by atoms with Crippen LogP contribution < -0.4 is 0 Å². The van der Waals surface area contributed by atoms with Crippen molar-refractivity contribution in [2.45, 2.75) is 39.0 Å². The van der Waals surface area contributed by atoms with Gasteiger partial charge in [-0.3, -0.25) is 4.21 Å². The van der Waals surface area contributed by atoms with Gasteiger partial charge in [0.15, 0.2) is 0 Å². The third-order valence-corrected chi connectivity index (χ3v) is 4.87. The predicted molar refractivity (Wildman–Crippen MR) is 65.2 cm³/mol. The smallest absolute Gasteiger partial charge is 0.0878 e. The van der Waals surface area contributed by atoms with E-state index in [4.69, 9.17) is 4.74 Å². The molecule has 1 saturated heterocycles. The summed E-state index contributed by atoms with van der Waals surface area (Å²) in [6, 6.07) is 0. The van der Waals surface area contributed by atoms with Gasteiger partial charge in [-0.15, -0.1) is 0 Å². The molecule has 0 spiro atoms. The van der Waals surface area contributed by atoms with Crippen molar-refractivity contribution < 1.29 is 8.95 Å². The van der Waals surface area contributed by atoms with Crippen molar-refractivity contribution in [2.75, 3.05) is 18.1 Å². The highest BCUT2D eigenvalue weighted by molar-refractivity contribution is 7.85. The number of ether oxygens (including phenoxy) is 1. The highest BCUT2D eigenvalue weighted by Gasteiger charge is 2.27. The maximum Gasteiger partial charge on any atom is 0.0878 e. The van der Waals surface area contributed by atoms with Crippen molar-refractivity contribution in [3.05, 3.63) is 12.8 Å². The van der Waals surface area contributed by atoms with Crippen LogP contribution in [0.2, 0.25) is 0 Å². The van der Waals surface area contributed by atoms with Crippen LogP contribution in [-0.2, 0) is 15.5 Å². The summed E-state index contributed by atoms with van der Waals surface area (Å²) >= 11 is 0. The van der Waals surface area contributed by atoms with Crippen molar-refractivity contribution in [3.63, 3.8) is 0 Å². The van der Waals surface area contributed by atoms with Gasteiger partial charge in [0.05, 0.1) is 12.9 Å². The van der Waals surface area contributed by atoms with E-state index in [0.717, 1.165) is 24.3 Å². The first-order valence-corrected chi connectivity index (χ1v) is 7.23. The third-order valence-electron chi connectivity index (χ3n) is 3.10. The molecule has 1 heterocycles. The fourth-order valence-electron chi connectivity index (χ4n) is 2.11. The molecule has 0 N–H and O–H groups in total. The summed E-state index contributed by atoms with van der Waals surface area (Å²) in [5, 5.41) is 0. The molecule has 0 aromatic carbocycles. The number of hydrogen-bond acceptors (Lipinski definition) is 2. The molecule has 3 heteroatoms. The molecule has 1 fully saturated rings. The molecule has 0 aromatic heterocycles. The second-order valence-corrected chi connectivity index (χ2v) is 6.27. The lowest BCUT2D eigenvalue weighted by Gasteiger charge is -2.30. The Morgan fingerprint density at radius 2 is 2.27 bits per heavy atom. The van der Waals surface area contributed by atoms with Gasteiger partial charge in [-0.05, 0) is 24.7 Å². The molecule has 0 amide bonds. The molecule has 0 radical (unpaired) electrons. The highest BCUT2D eigenvalue weighted by Crippen LogP contribution is 2.31. The van der Waals surface area contributed by atoms with Gasteiger partial charge in [0, 0.05) is 22.3 Å². The maximum absolute atomic E-state index is 11.7. The zero-order chi connectivity index (χ0) is 11.1. The molecular weight excluding hydrogens is 208 g/mol. The van der Waals surface area contributed by atoms with Crippen LogP contribution in [0.25, 0.3) is 0 Å². The van der Waals surface area contributed by atoms with Gasteiger partial charge < -0.3 is 4.74 Å². The Bertz CT molecular complexity index is 228. The van der Waals surface area contributed by atoms with Crippen LogP contribution >= 0.6 is 0 Å². The Hall–Kier alpha value is -0.310. The van der Waals surface area contributed by atoms with E-state index in [9.17, 15) is 4.21 Å². The molecule has 1 aliphatic heterocycles.